The number of hydrogen-bond acceptors (Lipinski definition) is 3. The first kappa shape index (κ1) is 15.3. The maximum absolute atomic E-state index is 11.9. The van der Waals surface area contributed by atoms with Crippen molar-refractivity contribution in [3.05, 3.63) is 20.7 Å². The third kappa shape index (κ3) is 4.47. The number of aryl methyl sites for hydroxylation is 1. The second-order valence-corrected chi connectivity index (χ2v) is 6.47. The molecule has 1 aromatic heterocycles. The maximum Gasteiger partial charge on any atom is 0.307 e. The molecule has 1 aliphatic rings. The van der Waals surface area contributed by atoms with Crippen molar-refractivity contribution < 1.29 is 4.79 Å². The minimum atomic E-state index is 0.0756. The van der Waals surface area contributed by atoms with E-state index in [4.69, 9.17) is 0 Å². The lowest BCUT2D eigenvalue weighted by molar-refractivity contribution is -0.122. The van der Waals surface area contributed by atoms with Gasteiger partial charge in [-0.1, -0.05) is 37.0 Å². The van der Waals surface area contributed by atoms with Crippen molar-refractivity contribution in [2.24, 2.45) is 0 Å². The normalized spacial score (nSPS) is 16.9. The van der Waals surface area contributed by atoms with Gasteiger partial charge in [0.25, 0.3) is 0 Å². The maximum atomic E-state index is 11.9. The van der Waals surface area contributed by atoms with E-state index in [2.05, 4.69) is 5.32 Å². The highest BCUT2D eigenvalue weighted by molar-refractivity contribution is 7.07. The molecule has 1 fully saturated rings. The highest BCUT2D eigenvalue weighted by Gasteiger charge is 2.14. The van der Waals surface area contributed by atoms with E-state index in [0.717, 1.165) is 25.0 Å². The number of nitrogens with zero attached hydrogens (tertiary/aromatic N) is 1. The molecular weight excluding hydrogens is 272 g/mol. The monoisotopic (exact) mass is 296 g/mol. The fourth-order valence-electron chi connectivity index (χ4n) is 2.80. The first-order valence-electron chi connectivity index (χ1n) is 7.61. The number of hydrogen-bond donors (Lipinski definition) is 1. The van der Waals surface area contributed by atoms with Crippen molar-refractivity contribution in [1.82, 2.24) is 9.88 Å². The largest absolute Gasteiger partial charge is 0.353 e. The van der Waals surface area contributed by atoms with Gasteiger partial charge in [0.1, 0.15) is 0 Å². The van der Waals surface area contributed by atoms with Crippen LogP contribution in [0.3, 0.4) is 0 Å². The van der Waals surface area contributed by atoms with Gasteiger partial charge in [0.15, 0.2) is 0 Å². The summed E-state index contributed by atoms with van der Waals surface area (Å²) in [5, 5.41) is 5.01. The number of rotatable bonds is 5. The minimum Gasteiger partial charge on any atom is -0.353 e. The summed E-state index contributed by atoms with van der Waals surface area (Å²) in [6.07, 6.45) is 8.54. The van der Waals surface area contributed by atoms with Crippen LogP contribution in [0.25, 0.3) is 0 Å². The molecule has 0 bridgehead atoms. The third-order valence-electron chi connectivity index (χ3n) is 3.98. The average Bonchev–Trinajstić information content (AvgIpc) is 2.64. The van der Waals surface area contributed by atoms with Crippen molar-refractivity contribution in [3.8, 4) is 0 Å². The molecule has 1 aromatic rings. The van der Waals surface area contributed by atoms with E-state index in [1.54, 1.807) is 4.57 Å². The number of nitrogens with one attached hydrogen (secondary N) is 1. The molecule has 0 aliphatic heterocycles. The van der Waals surface area contributed by atoms with E-state index in [0.29, 0.717) is 19.0 Å². The van der Waals surface area contributed by atoms with E-state index in [1.807, 2.05) is 12.3 Å². The molecule has 0 spiro atoms. The second kappa shape index (κ2) is 7.62. The smallest absolute Gasteiger partial charge is 0.307 e. The molecule has 112 valence electrons. The molecule has 20 heavy (non-hydrogen) atoms. The Hall–Kier alpha value is -1.10. The number of thiazole rings is 1. The highest BCUT2D eigenvalue weighted by Crippen LogP contribution is 2.17. The Bertz CT molecular complexity index is 484. The van der Waals surface area contributed by atoms with Crippen LogP contribution in [0.5, 0.6) is 0 Å². The topological polar surface area (TPSA) is 51.1 Å². The lowest BCUT2D eigenvalue weighted by Gasteiger charge is -2.16. The molecule has 0 aromatic carbocycles. The molecule has 5 heteroatoms. The molecule has 1 aliphatic carbocycles. The van der Waals surface area contributed by atoms with Crippen LogP contribution in [-0.4, -0.2) is 16.5 Å². The van der Waals surface area contributed by atoms with Gasteiger partial charge in [-0.3, -0.25) is 9.59 Å². The van der Waals surface area contributed by atoms with Gasteiger partial charge in [0.05, 0.1) is 0 Å². The van der Waals surface area contributed by atoms with E-state index in [1.165, 1.54) is 37.0 Å². The van der Waals surface area contributed by atoms with Crippen molar-refractivity contribution >= 4 is 17.2 Å². The SMILES string of the molecule is Cc1csc(=O)n1CCCC(=O)NC1CCCCCC1. The Morgan fingerprint density at radius 1 is 1.35 bits per heavy atom. The van der Waals surface area contributed by atoms with Crippen LogP contribution in [0.15, 0.2) is 10.2 Å². The molecule has 0 radical (unpaired) electrons. The van der Waals surface area contributed by atoms with Gasteiger partial charge in [-0.05, 0) is 26.2 Å². The number of carbonyl (C=O) groups excluding carboxylic acids is 1. The Kier molecular flexibility index (Phi) is 5.83. The van der Waals surface area contributed by atoms with E-state index in [-0.39, 0.29) is 10.8 Å². The molecule has 0 unspecified atom stereocenters. The summed E-state index contributed by atoms with van der Waals surface area (Å²) < 4.78 is 1.75. The average molecular weight is 296 g/mol. The van der Waals surface area contributed by atoms with Crippen molar-refractivity contribution in [2.45, 2.75) is 70.9 Å². The van der Waals surface area contributed by atoms with Crippen molar-refractivity contribution in [2.75, 3.05) is 0 Å². The van der Waals surface area contributed by atoms with Crippen LogP contribution in [0.2, 0.25) is 0 Å². The van der Waals surface area contributed by atoms with Gasteiger partial charge < -0.3 is 9.88 Å². The molecule has 1 saturated carbocycles. The summed E-state index contributed by atoms with van der Waals surface area (Å²) in [4.78, 5) is 23.6. The minimum absolute atomic E-state index is 0.0756. The highest BCUT2D eigenvalue weighted by atomic mass is 32.1. The van der Waals surface area contributed by atoms with E-state index < -0.39 is 0 Å². The predicted octanol–water partition coefficient (Wildman–Crippen LogP) is 2.84. The quantitative estimate of drug-likeness (QED) is 0.849. The molecular formula is C15H24N2O2S. The zero-order chi connectivity index (χ0) is 14.4. The summed E-state index contributed by atoms with van der Waals surface area (Å²) >= 11 is 1.23. The van der Waals surface area contributed by atoms with E-state index in [9.17, 15) is 9.59 Å². The van der Waals surface area contributed by atoms with Gasteiger partial charge >= 0.3 is 4.87 Å². The summed E-state index contributed by atoms with van der Waals surface area (Å²) in [6, 6.07) is 0.371. The van der Waals surface area contributed by atoms with Crippen molar-refractivity contribution in [3.63, 3.8) is 0 Å². The van der Waals surface area contributed by atoms with Gasteiger partial charge in [-0.25, -0.2) is 0 Å². The zero-order valence-electron chi connectivity index (χ0n) is 12.2. The lowest BCUT2D eigenvalue weighted by atomic mass is 10.1. The van der Waals surface area contributed by atoms with Crippen LogP contribution in [0.4, 0.5) is 0 Å². The number of carbonyl (C=O) groups is 1. The summed E-state index contributed by atoms with van der Waals surface area (Å²) in [6.45, 7) is 2.58. The molecule has 0 saturated heterocycles. The third-order valence-corrected chi connectivity index (χ3v) is 4.86. The standard InChI is InChI=1S/C15H24N2O2S/c1-12-11-20-15(19)17(12)10-6-9-14(18)16-13-7-4-2-3-5-8-13/h11,13H,2-10H2,1H3,(H,16,18). The Morgan fingerprint density at radius 3 is 2.65 bits per heavy atom. The van der Waals surface area contributed by atoms with Gasteiger partial charge in [-0.15, -0.1) is 0 Å². The Morgan fingerprint density at radius 2 is 2.05 bits per heavy atom. The van der Waals surface area contributed by atoms with Crippen LogP contribution >= 0.6 is 11.3 Å². The van der Waals surface area contributed by atoms with Gasteiger partial charge in [0.2, 0.25) is 5.91 Å². The summed E-state index contributed by atoms with van der Waals surface area (Å²) in [5.41, 5.74) is 0.990. The van der Waals surface area contributed by atoms with Gasteiger partial charge in [-0.2, -0.15) is 0 Å². The lowest BCUT2D eigenvalue weighted by Crippen LogP contribution is -2.34. The molecule has 1 amide bonds. The number of aromatic nitrogens is 1. The van der Waals surface area contributed by atoms with Crippen LogP contribution < -0.4 is 10.2 Å². The Labute approximate surface area is 124 Å². The Balaban J connectivity index is 1.71. The zero-order valence-corrected chi connectivity index (χ0v) is 13.0. The summed E-state index contributed by atoms with van der Waals surface area (Å²) in [7, 11) is 0. The van der Waals surface area contributed by atoms with E-state index >= 15 is 0 Å². The molecule has 1 N–H and O–H groups in total. The van der Waals surface area contributed by atoms with Crippen LogP contribution in [-0.2, 0) is 11.3 Å². The van der Waals surface area contributed by atoms with Crippen LogP contribution in [0.1, 0.15) is 57.1 Å². The molecule has 1 heterocycles. The molecule has 2 rings (SSSR count). The first-order valence-corrected chi connectivity index (χ1v) is 8.49. The second-order valence-electron chi connectivity index (χ2n) is 5.65. The molecule has 4 nitrogen and oxygen atoms in total. The first-order chi connectivity index (χ1) is 9.66. The fraction of sp³-hybridized carbons (Fsp3) is 0.733. The molecule has 0 atom stereocenters. The predicted molar refractivity (Wildman–Crippen MR) is 82.2 cm³/mol. The summed E-state index contributed by atoms with van der Waals surface area (Å²) in [5.74, 6) is 0.137. The number of amides is 1. The fourth-order valence-corrected chi connectivity index (χ4v) is 3.56. The van der Waals surface area contributed by atoms with Gasteiger partial charge in [0, 0.05) is 30.1 Å². The van der Waals surface area contributed by atoms with Crippen LogP contribution in [0, 0.1) is 6.92 Å². The van der Waals surface area contributed by atoms with Crippen molar-refractivity contribution in [1.29, 1.82) is 0 Å².